The lowest BCUT2D eigenvalue weighted by atomic mass is 10.0. The molecule has 21 heavy (non-hydrogen) atoms. The normalized spacial score (nSPS) is 20.7. The first kappa shape index (κ1) is 15.6. The summed E-state index contributed by atoms with van der Waals surface area (Å²) in [6.07, 6.45) is 1.23. The fourth-order valence-corrected chi connectivity index (χ4v) is 2.40. The second kappa shape index (κ2) is 7.82. The molecule has 4 heteroatoms. The second-order valence-electron chi connectivity index (χ2n) is 5.12. The van der Waals surface area contributed by atoms with Gasteiger partial charge in [0.1, 0.15) is 0 Å². The number of hydrogen-bond acceptors (Lipinski definition) is 3. The van der Waals surface area contributed by atoms with Gasteiger partial charge in [-0.05, 0) is 25.0 Å². The Morgan fingerprint density at radius 2 is 2.29 bits per heavy atom. The van der Waals surface area contributed by atoms with Crippen molar-refractivity contribution in [2.45, 2.75) is 32.4 Å². The molecule has 1 fully saturated rings. The molecule has 1 aliphatic heterocycles. The molecule has 4 nitrogen and oxygen atoms in total. The van der Waals surface area contributed by atoms with Crippen molar-refractivity contribution in [2.24, 2.45) is 5.92 Å². The maximum Gasteiger partial charge on any atom is 0.226 e. The summed E-state index contributed by atoms with van der Waals surface area (Å²) in [5, 5.41) is 11.7. The molecule has 1 saturated heterocycles. The molecule has 0 radical (unpaired) electrons. The van der Waals surface area contributed by atoms with E-state index in [4.69, 9.17) is 9.84 Å². The highest BCUT2D eigenvalue weighted by molar-refractivity contribution is 5.79. The van der Waals surface area contributed by atoms with E-state index < -0.39 is 0 Å². The van der Waals surface area contributed by atoms with E-state index in [1.807, 2.05) is 31.2 Å². The predicted octanol–water partition coefficient (Wildman–Crippen LogP) is 1.46. The van der Waals surface area contributed by atoms with Gasteiger partial charge in [0.05, 0.1) is 18.6 Å². The van der Waals surface area contributed by atoms with E-state index in [1.54, 1.807) is 0 Å². The van der Waals surface area contributed by atoms with E-state index in [0.717, 1.165) is 17.5 Å². The molecule has 0 spiro atoms. The Labute approximate surface area is 125 Å². The summed E-state index contributed by atoms with van der Waals surface area (Å²) in [5.41, 5.74) is 1.88. The number of hydrogen-bond donors (Lipinski definition) is 2. The third-order valence-corrected chi connectivity index (χ3v) is 3.64. The van der Waals surface area contributed by atoms with Crippen LogP contribution < -0.4 is 5.32 Å². The average Bonchev–Trinajstić information content (AvgIpc) is 2.92. The van der Waals surface area contributed by atoms with Crippen molar-refractivity contribution in [3.8, 4) is 11.8 Å². The Hall–Kier alpha value is -1.83. The van der Waals surface area contributed by atoms with E-state index in [2.05, 4.69) is 17.2 Å². The van der Waals surface area contributed by atoms with Crippen LogP contribution in [-0.4, -0.2) is 30.3 Å². The van der Waals surface area contributed by atoms with Gasteiger partial charge in [0.15, 0.2) is 0 Å². The summed E-state index contributed by atoms with van der Waals surface area (Å²) in [6, 6.07) is 7.73. The number of ether oxygens (including phenoxy) is 1. The highest BCUT2D eigenvalue weighted by atomic mass is 16.5. The molecule has 112 valence electrons. The average molecular weight is 287 g/mol. The van der Waals surface area contributed by atoms with Crippen molar-refractivity contribution < 1.29 is 14.6 Å². The van der Waals surface area contributed by atoms with Gasteiger partial charge in [0.2, 0.25) is 5.91 Å². The molecule has 2 atom stereocenters. The predicted molar refractivity (Wildman–Crippen MR) is 80.4 cm³/mol. The zero-order chi connectivity index (χ0) is 15.1. The molecule has 0 aliphatic carbocycles. The molecule has 1 heterocycles. The summed E-state index contributed by atoms with van der Waals surface area (Å²) < 4.78 is 5.42. The Morgan fingerprint density at radius 1 is 1.48 bits per heavy atom. The van der Waals surface area contributed by atoms with E-state index >= 15 is 0 Å². The van der Waals surface area contributed by atoms with Crippen LogP contribution in [0, 0.1) is 17.8 Å². The zero-order valence-electron chi connectivity index (χ0n) is 12.3. The fourth-order valence-electron chi connectivity index (χ4n) is 2.40. The van der Waals surface area contributed by atoms with Crippen LogP contribution in [0.15, 0.2) is 24.3 Å². The van der Waals surface area contributed by atoms with Crippen LogP contribution in [-0.2, 0) is 16.1 Å². The maximum absolute atomic E-state index is 12.1. The Kier molecular flexibility index (Phi) is 5.79. The highest BCUT2D eigenvalue weighted by Gasteiger charge is 2.30. The Balaban J connectivity index is 1.97. The molecule has 0 saturated carbocycles. The molecule has 2 N–H and O–H groups in total. The largest absolute Gasteiger partial charge is 0.395 e. The molecular weight excluding hydrogens is 266 g/mol. The quantitative estimate of drug-likeness (QED) is 0.824. The Morgan fingerprint density at radius 3 is 3.00 bits per heavy atom. The molecule has 2 rings (SSSR count). The summed E-state index contributed by atoms with van der Waals surface area (Å²) in [5.74, 6) is 5.92. The minimum atomic E-state index is -0.0577. The molecule has 1 aromatic carbocycles. The van der Waals surface area contributed by atoms with Crippen molar-refractivity contribution in [1.29, 1.82) is 0 Å². The third-order valence-electron chi connectivity index (χ3n) is 3.64. The van der Waals surface area contributed by atoms with Crippen molar-refractivity contribution in [2.75, 3.05) is 13.2 Å². The molecule has 1 aliphatic rings. The molecule has 0 aromatic heterocycles. The number of carbonyl (C=O) groups excluding carboxylic acids is 1. The van der Waals surface area contributed by atoms with E-state index in [1.165, 1.54) is 0 Å². The first-order valence-electron chi connectivity index (χ1n) is 7.29. The van der Waals surface area contributed by atoms with Gasteiger partial charge in [0, 0.05) is 25.1 Å². The topological polar surface area (TPSA) is 58.6 Å². The van der Waals surface area contributed by atoms with E-state index in [-0.39, 0.29) is 24.5 Å². The minimum absolute atomic E-state index is 0.00964. The molecule has 1 aromatic rings. The van der Waals surface area contributed by atoms with Crippen LogP contribution >= 0.6 is 0 Å². The van der Waals surface area contributed by atoms with Gasteiger partial charge < -0.3 is 15.2 Å². The van der Waals surface area contributed by atoms with Crippen LogP contribution in [0.25, 0.3) is 0 Å². The number of nitrogens with one attached hydrogen (secondary N) is 1. The first-order chi connectivity index (χ1) is 10.2. The maximum atomic E-state index is 12.1. The standard InChI is InChI=1S/C17H21NO3/c1-13-16(9-11-21-13)17(20)18-12-15-8-3-2-6-14(15)7-4-5-10-19/h2-3,6,8,13,16,19H,5,9-12H2,1H3,(H,18,20). The summed E-state index contributed by atoms with van der Waals surface area (Å²) in [6.45, 7) is 3.12. The van der Waals surface area contributed by atoms with Gasteiger partial charge in [-0.25, -0.2) is 0 Å². The number of carbonyl (C=O) groups is 1. The van der Waals surface area contributed by atoms with Crippen molar-refractivity contribution >= 4 is 5.91 Å². The minimum Gasteiger partial charge on any atom is -0.395 e. The molecule has 1 amide bonds. The van der Waals surface area contributed by atoms with Crippen LogP contribution in [0.5, 0.6) is 0 Å². The van der Waals surface area contributed by atoms with Gasteiger partial charge in [-0.2, -0.15) is 0 Å². The number of benzene rings is 1. The number of aliphatic hydroxyl groups excluding tert-OH is 1. The molecular formula is C17H21NO3. The zero-order valence-corrected chi connectivity index (χ0v) is 12.3. The number of aliphatic hydroxyl groups is 1. The summed E-state index contributed by atoms with van der Waals surface area (Å²) in [4.78, 5) is 12.1. The van der Waals surface area contributed by atoms with Gasteiger partial charge >= 0.3 is 0 Å². The lowest BCUT2D eigenvalue weighted by molar-refractivity contribution is -0.126. The lowest BCUT2D eigenvalue weighted by Gasteiger charge is -2.14. The monoisotopic (exact) mass is 287 g/mol. The Bertz CT molecular complexity index is 544. The lowest BCUT2D eigenvalue weighted by Crippen LogP contribution is -2.33. The smallest absolute Gasteiger partial charge is 0.226 e. The summed E-state index contributed by atoms with van der Waals surface area (Å²) in [7, 11) is 0. The third kappa shape index (κ3) is 4.32. The first-order valence-corrected chi connectivity index (χ1v) is 7.29. The number of rotatable bonds is 4. The molecule has 2 unspecified atom stereocenters. The van der Waals surface area contributed by atoms with Crippen LogP contribution in [0.1, 0.15) is 30.9 Å². The fraction of sp³-hybridized carbons (Fsp3) is 0.471. The van der Waals surface area contributed by atoms with Gasteiger partial charge in [-0.3, -0.25) is 4.79 Å². The second-order valence-corrected chi connectivity index (χ2v) is 5.12. The van der Waals surface area contributed by atoms with Crippen molar-refractivity contribution in [1.82, 2.24) is 5.32 Å². The van der Waals surface area contributed by atoms with Crippen molar-refractivity contribution in [3.63, 3.8) is 0 Å². The van der Waals surface area contributed by atoms with Gasteiger partial charge in [-0.1, -0.05) is 30.0 Å². The van der Waals surface area contributed by atoms with Crippen LogP contribution in [0.4, 0.5) is 0 Å². The summed E-state index contributed by atoms with van der Waals surface area (Å²) >= 11 is 0. The van der Waals surface area contributed by atoms with E-state index in [0.29, 0.717) is 19.6 Å². The molecule has 0 bridgehead atoms. The van der Waals surface area contributed by atoms with Gasteiger partial charge in [-0.15, -0.1) is 0 Å². The van der Waals surface area contributed by atoms with Gasteiger partial charge in [0.25, 0.3) is 0 Å². The van der Waals surface area contributed by atoms with Crippen LogP contribution in [0.3, 0.4) is 0 Å². The highest BCUT2D eigenvalue weighted by Crippen LogP contribution is 2.20. The SMILES string of the molecule is CC1OCCC1C(=O)NCc1ccccc1C#CCCO. The number of amides is 1. The van der Waals surface area contributed by atoms with Crippen LogP contribution in [0.2, 0.25) is 0 Å². The van der Waals surface area contributed by atoms with E-state index in [9.17, 15) is 4.79 Å². The van der Waals surface area contributed by atoms with Crippen molar-refractivity contribution in [3.05, 3.63) is 35.4 Å².